The van der Waals surface area contributed by atoms with Crippen LogP contribution >= 0.6 is 24.0 Å². The van der Waals surface area contributed by atoms with Crippen molar-refractivity contribution in [3.63, 3.8) is 0 Å². The summed E-state index contributed by atoms with van der Waals surface area (Å²) in [6.45, 7) is 4.03. The van der Waals surface area contributed by atoms with Gasteiger partial charge in [-0.2, -0.15) is 0 Å². The third-order valence-electron chi connectivity index (χ3n) is 4.92. The molecule has 3 N–H and O–H groups in total. The van der Waals surface area contributed by atoms with E-state index in [-0.39, 0.29) is 41.0 Å². The lowest BCUT2D eigenvalue weighted by molar-refractivity contribution is -0.138. The Hall–Kier alpha value is -1.51. The molecule has 1 aliphatic carbocycles. The molecule has 1 aromatic rings. The van der Waals surface area contributed by atoms with Crippen molar-refractivity contribution >= 4 is 35.8 Å². The van der Waals surface area contributed by atoms with E-state index in [9.17, 15) is 9.90 Å². The van der Waals surface area contributed by atoms with Crippen molar-refractivity contribution < 1.29 is 9.90 Å². The Bertz CT molecular complexity index is 628. The molecule has 0 aromatic heterocycles. The number of amides is 1. The van der Waals surface area contributed by atoms with Gasteiger partial charge in [-0.3, -0.25) is 9.79 Å². The minimum absolute atomic E-state index is 0. The van der Waals surface area contributed by atoms with Gasteiger partial charge in [0.05, 0.1) is 12.0 Å². The summed E-state index contributed by atoms with van der Waals surface area (Å²) in [5.74, 6) is 1.22. The molecule has 0 saturated heterocycles. The van der Waals surface area contributed by atoms with E-state index in [1.807, 2.05) is 33.2 Å². The predicted molar refractivity (Wildman–Crippen MR) is 121 cm³/mol. The van der Waals surface area contributed by atoms with Gasteiger partial charge < -0.3 is 20.6 Å². The van der Waals surface area contributed by atoms with Crippen molar-refractivity contribution in [3.8, 4) is 5.75 Å². The number of guanidine groups is 1. The molecular formula is C20H33IN4O2. The highest BCUT2D eigenvalue weighted by atomic mass is 127. The molecule has 0 unspecified atom stereocenters. The molecule has 0 atom stereocenters. The lowest BCUT2D eigenvalue weighted by Gasteiger charge is -2.29. The number of nitrogens with zero attached hydrogens (tertiary/aromatic N) is 2. The minimum Gasteiger partial charge on any atom is -0.508 e. The molecule has 27 heavy (non-hydrogen) atoms. The van der Waals surface area contributed by atoms with E-state index in [0.717, 1.165) is 50.2 Å². The molecule has 0 aliphatic heterocycles. The van der Waals surface area contributed by atoms with Crippen LogP contribution in [0.2, 0.25) is 0 Å². The molecule has 0 bridgehead atoms. The van der Waals surface area contributed by atoms with Crippen molar-refractivity contribution in [1.82, 2.24) is 15.5 Å². The van der Waals surface area contributed by atoms with Gasteiger partial charge in [-0.25, -0.2) is 0 Å². The number of hydrogen-bond donors (Lipinski definition) is 3. The molecule has 0 radical (unpaired) electrons. The van der Waals surface area contributed by atoms with Crippen LogP contribution in [0.5, 0.6) is 5.75 Å². The Morgan fingerprint density at radius 3 is 2.56 bits per heavy atom. The minimum atomic E-state index is -0.350. The lowest BCUT2D eigenvalue weighted by atomic mass is 9.85. The molecule has 0 spiro atoms. The van der Waals surface area contributed by atoms with E-state index >= 15 is 0 Å². The zero-order valence-electron chi connectivity index (χ0n) is 16.6. The summed E-state index contributed by atoms with van der Waals surface area (Å²) in [5.41, 5.74) is 0.722. The normalized spacial score (nSPS) is 15.7. The Morgan fingerprint density at radius 1 is 1.26 bits per heavy atom. The summed E-state index contributed by atoms with van der Waals surface area (Å²) >= 11 is 0. The zero-order chi connectivity index (χ0) is 19.0. The summed E-state index contributed by atoms with van der Waals surface area (Å²) in [7, 11) is 3.65. The Balaban J connectivity index is 0.00000364. The van der Waals surface area contributed by atoms with E-state index < -0.39 is 0 Å². The third kappa shape index (κ3) is 6.86. The summed E-state index contributed by atoms with van der Waals surface area (Å²) < 4.78 is 0. The van der Waals surface area contributed by atoms with Gasteiger partial charge >= 0.3 is 0 Å². The van der Waals surface area contributed by atoms with Crippen LogP contribution in [0.15, 0.2) is 29.3 Å². The largest absolute Gasteiger partial charge is 0.508 e. The molecular weight excluding hydrogens is 455 g/mol. The Morgan fingerprint density at radius 2 is 1.96 bits per heavy atom. The number of hydrogen-bond acceptors (Lipinski definition) is 3. The number of benzene rings is 1. The first-order chi connectivity index (χ1) is 12.5. The van der Waals surface area contributed by atoms with Crippen LogP contribution in [-0.2, 0) is 11.2 Å². The van der Waals surface area contributed by atoms with Crippen molar-refractivity contribution in [2.75, 3.05) is 33.7 Å². The molecule has 1 amide bonds. The molecule has 1 saturated carbocycles. The van der Waals surface area contributed by atoms with Gasteiger partial charge in [-0.1, -0.05) is 25.0 Å². The lowest BCUT2D eigenvalue weighted by Crippen LogP contribution is -2.43. The van der Waals surface area contributed by atoms with Gasteiger partial charge in [-0.15, -0.1) is 24.0 Å². The fourth-order valence-electron chi connectivity index (χ4n) is 3.58. The standard InChI is InChI=1S/C20H32N4O2.HI/c1-4-21-19(22-13-10-16-8-7-9-17(25)14-16)23-15-20(11-5-6-12-20)18(26)24(2)3;/h7-9,14,25H,4-6,10-13,15H2,1-3H3,(H2,21,22,23);1H. The number of carbonyl (C=O) groups excluding carboxylic acids is 1. The third-order valence-corrected chi connectivity index (χ3v) is 4.92. The maximum absolute atomic E-state index is 12.7. The van der Waals surface area contributed by atoms with Gasteiger partial charge in [0.2, 0.25) is 5.91 Å². The zero-order valence-corrected chi connectivity index (χ0v) is 19.0. The van der Waals surface area contributed by atoms with Crippen molar-refractivity contribution in [3.05, 3.63) is 29.8 Å². The molecule has 6 nitrogen and oxygen atoms in total. The summed E-state index contributed by atoms with van der Waals surface area (Å²) in [6, 6.07) is 7.29. The second-order valence-corrected chi connectivity index (χ2v) is 7.23. The van der Waals surface area contributed by atoms with E-state index in [2.05, 4.69) is 10.6 Å². The number of nitrogens with one attached hydrogen (secondary N) is 2. The van der Waals surface area contributed by atoms with Gasteiger partial charge in [-0.05, 0) is 43.9 Å². The number of rotatable bonds is 7. The maximum Gasteiger partial charge on any atom is 0.230 e. The van der Waals surface area contributed by atoms with Crippen molar-refractivity contribution in [2.24, 2.45) is 10.4 Å². The van der Waals surface area contributed by atoms with Gasteiger partial charge in [0.15, 0.2) is 5.96 Å². The van der Waals surface area contributed by atoms with E-state index in [1.54, 1.807) is 17.0 Å². The van der Waals surface area contributed by atoms with Crippen LogP contribution in [0.1, 0.15) is 38.2 Å². The molecule has 1 fully saturated rings. The Kier molecular flexibility index (Phi) is 9.90. The summed E-state index contributed by atoms with van der Waals surface area (Å²) in [6.07, 6.45) is 4.81. The fraction of sp³-hybridized carbons (Fsp3) is 0.600. The number of aliphatic imine (C=N–C) groups is 1. The van der Waals surface area contributed by atoms with Crippen LogP contribution in [0.3, 0.4) is 0 Å². The van der Waals surface area contributed by atoms with Crippen LogP contribution < -0.4 is 10.6 Å². The number of carbonyl (C=O) groups is 1. The first kappa shape index (κ1) is 23.5. The van der Waals surface area contributed by atoms with Crippen LogP contribution in [0, 0.1) is 5.41 Å². The van der Waals surface area contributed by atoms with E-state index in [1.165, 1.54) is 0 Å². The van der Waals surface area contributed by atoms with E-state index in [4.69, 9.17) is 4.99 Å². The maximum atomic E-state index is 12.7. The predicted octanol–water partition coefficient (Wildman–Crippen LogP) is 2.76. The van der Waals surface area contributed by atoms with Gasteiger partial charge in [0.1, 0.15) is 5.75 Å². The fourth-order valence-corrected chi connectivity index (χ4v) is 3.58. The molecule has 0 heterocycles. The first-order valence-corrected chi connectivity index (χ1v) is 9.49. The highest BCUT2D eigenvalue weighted by Crippen LogP contribution is 2.39. The number of phenolic OH excluding ortho intramolecular Hbond substituents is 1. The highest BCUT2D eigenvalue weighted by Gasteiger charge is 2.41. The second-order valence-electron chi connectivity index (χ2n) is 7.23. The van der Waals surface area contributed by atoms with Gasteiger partial charge in [0.25, 0.3) is 0 Å². The molecule has 152 valence electrons. The van der Waals surface area contributed by atoms with Crippen molar-refractivity contribution in [1.29, 1.82) is 0 Å². The smallest absolute Gasteiger partial charge is 0.230 e. The van der Waals surface area contributed by atoms with Crippen LogP contribution in [0.4, 0.5) is 0 Å². The first-order valence-electron chi connectivity index (χ1n) is 9.49. The van der Waals surface area contributed by atoms with Crippen molar-refractivity contribution in [2.45, 2.75) is 39.0 Å². The number of halogens is 1. The summed E-state index contributed by atoms with van der Waals surface area (Å²) in [5, 5.41) is 16.1. The topological polar surface area (TPSA) is 77.0 Å². The average molecular weight is 488 g/mol. The number of phenols is 1. The molecule has 1 aromatic carbocycles. The quantitative estimate of drug-likeness (QED) is 0.314. The highest BCUT2D eigenvalue weighted by molar-refractivity contribution is 14.0. The molecule has 7 heteroatoms. The molecule has 2 rings (SSSR count). The van der Waals surface area contributed by atoms with Crippen LogP contribution in [0.25, 0.3) is 0 Å². The number of aromatic hydroxyl groups is 1. The second kappa shape index (κ2) is 11.4. The van der Waals surface area contributed by atoms with Crippen LogP contribution in [-0.4, -0.2) is 55.6 Å². The van der Waals surface area contributed by atoms with E-state index in [0.29, 0.717) is 13.1 Å². The molecule has 1 aliphatic rings. The Labute approximate surface area is 179 Å². The summed E-state index contributed by atoms with van der Waals surface area (Å²) in [4.78, 5) is 19.1. The average Bonchev–Trinajstić information content (AvgIpc) is 3.09. The monoisotopic (exact) mass is 488 g/mol. The SMILES string of the molecule is CCNC(=NCC1(C(=O)N(C)C)CCCC1)NCCc1cccc(O)c1.I. The van der Waals surface area contributed by atoms with Gasteiger partial charge in [0, 0.05) is 27.2 Å².